The lowest BCUT2D eigenvalue weighted by Crippen LogP contribution is -2.46. The minimum absolute atomic E-state index is 0.124. The molecule has 3 aromatic carbocycles. The van der Waals surface area contributed by atoms with Gasteiger partial charge in [0.1, 0.15) is 11.6 Å². The highest BCUT2D eigenvalue weighted by Gasteiger charge is 2.19. The van der Waals surface area contributed by atoms with Gasteiger partial charge >= 0.3 is 0 Å². The number of pyridine rings is 1. The highest BCUT2D eigenvalue weighted by atomic mass is 19.1. The summed E-state index contributed by atoms with van der Waals surface area (Å²) in [5, 5.41) is 0. The summed E-state index contributed by atoms with van der Waals surface area (Å²) < 4.78 is 14.0. The van der Waals surface area contributed by atoms with Crippen molar-refractivity contribution in [3.8, 4) is 11.1 Å². The maximum atomic E-state index is 14.0. The predicted molar refractivity (Wildman–Crippen MR) is 148 cm³/mol. The van der Waals surface area contributed by atoms with Crippen LogP contribution in [-0.2, 0) is 6.42 Å². The van der Waals surface area contributed by atoms with Gasteiger partial charge < -0.3 is 9.80 Å². The zero-order valence-electron chi connectivity index (χ0n) is 20.8. The van der Waals surface area contributed by atoms with E-state index in [1.54, 1.807) is 12.1 Å². The van der Waals surface area contributed by atoms with Gasteiger partial charge in [0.2, 0.25) is 0 Å². The van der Waals surface area contributed by atoms with Gasteiger partial charge in [0, 0.05) is 50.7 Å². The molecule has 0 bridgehead atoms. The highest BCUT2D eigenvalue weighted by molar-refractivity contribution is 5.97. The SMILES string of the molecule is O=C(Cc1ccc(-c2ccc3ncc(N4CCN(c5ccncc5)CC4)nc3c2)cc1)c1ccccc1F. The molecule has 5 aromatic rings. The standard InChI is InChI=1S/C31H26FN5O/c32-27-4-2-1-3-26(27)30(38)19-22-5-7-23(8-6-22)24-9-10-28-29(20-24)35-31(21-34-28)37-17-15-36(16-18-37)25-11-13-33-14-12-25/h1-14,20-21H,15-19H2. The second-order valence-electron chi connectivity index (χ2n) is 9.39. The molecule has 0 atom stereocenters. The van der Waals surface area contributed by atoms with Crippen molar-refractivity contribution in [2.75, 3.05) is 36.0 Å². The zero-order valence-corrected chi connectivity index (χ0v) is 20.8. The van der Waals surface area contributed by atoms with Gasteiger partial charge in [-0.3, -0.25) is 14.8 Å². The summed E-state index contributed by atoms with van der Waals surface area (Å²) in [7, 11) is 0. The van der Waals surface area contributed by atoms with E-state index in [4.69, 9.17) is 4.98 Å². The molecule has 188 valence electrons. The summed E-state index contributed by atoms with van der Waals surface area (Å²) in [6.45, 7) is 3.57. The second kappa shape index (κ2) is 10.4. The van der Waals surface area contributed by atoms with Gasteiger partial charge in [0.25, 0.3) is 0 Å². The van der Waals surface area contributed by atoms with Crippen LogP contribution in [0.25, 0.3) is 22.2 Å². The van der Waals surface area contributed by atoms with Crippen molar-refractivity contribution < 1.29 is 9.18 Å². The Hall–Kier alpha value is -4.65. The molecule has 6 rings (SSSR count). The number of fused-ring (bicyclic) bond motifs is 1. The van der Waals surface area contributed by atoms with Crippen LogP contribution in [-0.4, -0.2) is 46.9 Å². The Morgan fingerprint density at radius 1 is 0.789 bits per heavy atom. The number of ketones is 1. The van der Waals surface area contributed by atoms with Crippen molar-refractivity contribution in [2.24, 2.45) is 0 Å². The number of anilines is 2. The minimum Gasteiger partial charge on any atom is -0.368 e. The molecular weight excluding hydrogens is 477 g/mol. The van der Waals surface area contributed by atoms with Crippen molar-refractivity contribution in [2.45, 2.75) is 6.42 Å². The number of benzene rings is 3. The van der Waals surface area contributed by atoms with Crippen molar-refractivity contribution in [1.82, 2.24) is 15.0 Å². The van der Waals surface area contributed by atoms with E-state index in [-0.39, 0.29) is 17.8 Å². The number of carbonyl (C=O) groups is 1. The molecule has 2 aromatic heterocycles. The molecule has 0 N–H and O–H groups in total. The first kappa shape index (κ1) is 23.7. The van der Waals surface area contributed by atoms with E-state index in [0.717, 1.165) is 59.7 Å². The fraction of sp³-hybridized carbons (Fsp3) is 0.161. The zero-order chi connectivity index (χ0) is 25.9. The molecule has 6 nitrogen and oxygen atoms in total. The number of aromatic nitrogens is 3. The molecule has 0 radical (unpaired) electrons. The number of carbonyl (C=O) groups excluding carboxylic acids is 1. The van der Waals surface area contributed by atoms with Crippen LogP contribution in [0.3, 0.4) is 0 Å². The molecule has 1 fully saturated rings. The Bertz CT molecular complexity index is 1580. The van der Waals surface area contributed by atoms with Gasteiger partial charge in [-0.25, -0.2) is 9.37 Å². The summed E-state index contributed by atoms with van der Waals surface area (Å²) in [6, 6.07) is 24.1. The molecule has 7 heteroatoms. The van der Waals surface area contributed by atoms with Crippen LogP contribution in [0.2, 0.25) is 0 Å². The average Bonchev–Trinajstić information content (AvgIpc) is 2.98. The first-order valence-electron chi connectivity index (χ1n) is 12.7. The second-order valence-corrected chi connectivity index (χ2v) is 9.39. The summed E-state index contributed by atoms with van der Waals surface area (Å²) in [4.78, 5) is 30.9. The fourth-order valence-electron chi connectivity index (χ4n) is 4.87. The molecule has 1 saturated heterocycles. The number of nitrogens with zero attached hydrogens (tertiary/aromatic N) is 5. The van der Waals surface area contributed by atoms with Gasteiger partial charge in [0.15, 0.2) is 5.78 Å². The van der Waals surface area contributed by atoms with E-state index in [1.807, 2.05) is 67.1 Å². The third-order valence-electron chi connectivity index (χ3n) is 6.99. The first-order valence-corrected chi connectivity index (χ1v) is 12.7. The predicted octanol–water partition coefficient (Wildman–Crippen LogP) is 5.58. The number of hydrogen-bond acceptors (Lipinski definition) is 6. The largest absolute Gasteiger partial charge is 0.368 e. The maximum absolute atomic E-state index is 14.0. The van der Waals surface area contributed by atoms with Crippen LogP contribution in [0.15, 0.2) is 97.5 Å². The quantitative estimate of drug-likeness (QED) is 0.282. The number of piperazine rings is 1. The van der Waals surface area contributed by atoms with E-state index in [0.29, 0.717) is 0 Å². The van der Waals surface area contributed by atoms with Crippen LogP contribution in [0.1, 0.15) is 15.9 Å². The van der Waals surface area contributed by atoms with Crippen LogP contribution < -0.4 is 9.80 Å². The van der Waals surface area contributed by atoms with Gasteiger partial charge in [0.05, 0.1) is 22.8 Å². The lowest BCUT2D eigenvalue weighted by Gasteiger charge is -2.36. The molecule has 1 aliphatic heterocycles. The lowest BCUT2D eigenvalue weighted by atomic mass is 9.99. The van der Waals surface area contributed by atoms with Crippen LogP contribution in [0.5, 0.6) is 0 Å². The molecule has 0 amide bonds. The number of rotatable bonds is 6. The van der Waals surface area contributed by atoms with Crippen LogP contribution >= 0.6 is 0 Å². The number of Topliss-reactive ketones (excluding diaryl/α,β-unsaturated/α-hetero) is 1. The topological polar surface area (TPSA) is 62.2 Å². The van der Waals surface area contributed by atoms with Gasteiger partial charge in [-0.15, -0.1) is 0 Å². The molecule has 1 aliphatic rings. The van der Waals surface area contributed by atoms with Crippen molar-refractivity contribution >= 4 is 28.3 Å². The first-order chi connectivity index (χ1) is 18.6. The van der Waals surface area contributed by atoms with Gasteiger partial charge in [-0.1, -0.05) is 42.5 Å². The Labute approximate surface area is 220 Å². The van der Waals surface area contributed by atoms with Crippen molar-refractivity contribution in [1.29, 1.82) is 0 Å². The third-order valence-corrected chi connectivity index (χ3v) is 6.99. The molecule has 38 heavy (non-hydrogen) atoms. The minimum atomic E-state index is -0.485. The van der Waals surface area contributed by atoms with E-state index >= 15 is 0 Å². The molecule has 0 aliphatic carbocycles. The van der Waals surface area contributed by atoms with E-state index in [9.17, 15) is 9.18 Å². The van der Waals surface area contributed by atoms with E-state index in [1.165, 1.54) is 17.8 Å². The molecular formula is C31H26FN5O. The van der Waals surface area contributed by atoms with Crippen LogP contribution in [0.4, 0.5) is 15.9 Å². The number of hydrogen-bond donors (Lipinski definition) is 0. The van der Waals surface area contributed by atoms with E-state index < -0.39 is 5.82 Å². The lowest BCUT2D eigenvalue weighted by molar-refractivity contribution is 0.0989. The van der Waals surface area contributed by atoms with Crippen LogP contribution in [0, 0.1) is 5.82 Å². The van der Waals surface area contributed by atoms with Crippen molar-refractivity contribution in [3.05, 3.63) is 114 Å². The normalized spacial score (nSPS) is 13.6. The summed E-state index contributed by atoms with van der Waals surface area (Å²) >= 11 is 0. The van der Waals surface area contributed by atoms with Gasteiger partial charge in [-0.05, 0) is 53.1 Å². The smallest absolute Gasteiger partial charge is 0.170 e. The number of halogens is 1. The molecule has 3 heterocycles. The fourth-order valence-corrected chi connectivity index (χ4v) is 4.87. The maximum Gasteiger partial charge on any atom is 0.170 e. The molecule has 0 saturated carbocycles. The molecule has 0 unspecified atom stereocenters. The Kier molecular flexibility index (Phi) is 6.48. The summed E-state index contributed by atoms with van der Waals surface area (Å²) in [5.74, 6) is 0.165. The Morgan fingerprint density at radius 3 is 2.26 bits per heavy atom. The summed E-state index contributed by atoms with van der Waals surface area (Å²) in [5.41, 5.74) is 5.90. The van der Waals surface area contributed by atoms with E-state index in [2.05, 4.69) is 25.8 Å². The Balaban J connectivity index is 1.16. The van der Waals surface area contributed by atoms with Crippen molar-refractivity contribution in [3.63, 3.8) is 0 Å². The average molecular weight is 504 g/mol. The van der Waals surface area contributed by atoms with Gasteiger partial charge in [-0.2, -0.15) is 0 Å². The third kappa shape index (κ3) is 4.95. The highest BCUT2D eigenvalue weighted by Crippen LogP contribution is 2.26. The monoisotopic (exact) mass is 503 g/mol. The Morgan fingerprint density at radius 2 is 1.50 bits per heavy atom. The molecule has 0 spiro atoms. The summed E-state index contributed by atoms with van der Waals surface area (Å²) in [6.07, 6.45) is 5.66.